The number of para-hydroxylation sites is 1. The highest BCUT2D eigenvalue weighted by molar-refractivity contribution is 7.80. The van der Waals surface area contributed by atoms with Gasteiger partial charge in [0.05, 0.1) is 0 Å². The van der Waals surface area contributed by atoms with Gasteiger partial charge in [-0.3, -0.25) is 0 Å². The van der Waals surface area contributed by atoms with Gasteiger partial charge in [-0.25, -0.2) is 0 Å². The standard InChI is InChI=1S/C15H22OS/c1-4-5-9-12-15(2,3)14(17)16-13-10-7-6-8-11-13/h6-8,10-11H,4-5,9,12H2,1-3H3. The van der Waals surface area contributed by atoms with Crippen molar-refractivity contribution >= 4 is 17.3 Å². The van der Waals surface area contributed by atoms with Gasteiger partial charge in [-0.1, -0.05) is 58.2 Å². The Bertz CT molecular complexity index is 343. The summed E-state index contributed by atoms with van der Waals surface area (Å²) in [6.45, 7) is 6.54. The molecule has 1 nitrogen and oxygen atoms in total. The van der Waals surface area contributed by atoms with E-state index in [0.29, 0.717) is 5.05 Å². The smallest absolute Gasteiger partial charge is 0.172 e. The van der Waals surface area contributed by atoms with Crippen LogP contribution in [-0.2, 0) is 0 Å². The molecule has 0 saturated carbocycles. The van der Waals surface area contributed by atoms with Gasteiger partial charge in [-0.2, -0.15) is 0 Å². The molecule has 0 heterocycles. The van der Waals surface area contributed by atoms with Gasteiger partial charge >= 0.3 is 0 Å². The summed E-state index contributed by atoms with van der Waals surface area (Å²) in [7, 11) is 0. The molecule has 0 amide bonds. The summed E-state index contributed by atoms with van der Waals surface area (Å²) in [5.41, 5.74) is -0.0274. The maximum absolute atomic E-state index is 5.74. The molecule has 0 fully saturated rings. The molecule has 0 radical (unpaired) electrons. The van der Waals surface area contributed by atoms with Crippen LogP contribution < -0.4 is 4.74 Å². The molecule has 0 unspecified atom stereocenters. The molecular weight excluding hydrogens is 228 g/mol. The Kier molecular flexibility index (Phi) is 5.63. The number of hydrogen-bond donors (Lipinski definition) is 0. The van der Waals surface area contributed by atoms with Crippen LogP contribution in [0.1, 0.15) is 46.5 Å². The summed E-state index contributed by atoms with van der Waals surface area (Å²) in [5, 5.41) is 0.694. The fourth-order valence-electron chi connectivity index (χ4n) is 1.65. The molecule has 2 heteroatoms. The largest absolute Gasteiger partial charge is 0.450 e. The minimum Gasteiger partial charge on any atom is -0.450 e. The first-order chi connectivity index (χ1) is 8.06. The van der Waals surface area contributed by atoms with Crippen molar-refractivity contribution < 1.29 is 4.74 Å². The second-order valence-corrected chi connectivity index (χ2v) is 5.41. The maximum Gasteiger partial charge on any atom is 0.172 e. The first-order valence-electron chi connectivity index (χ1n) is 6.33. The quantitative estimate of drug-likeness (QED) is 0.519. The number of ether oxygens (including phenoxy) is 1. The first kappa shape index (κ1) is 14.2. The molecule has 0 saturated heterocycles. The van der Waals surface area contributed by atoms with Crippen LogP contribution in [-0.4, -0.2) is 5.05 Å². The zero-order valence-corrected chi connectivity index (χ0v) is 11.8. The van der Waals surface area contributed by atoms with Crippen molar-refractivity contribution in [3.05, 3.63) is 30.3 Å². The first-order valence-corrected chi connectivity index (χ1v) is 6.74. The van der Waals surface area contributed by atoms with E-state index in [1.54, 1.807) is 0 Å². The van der Waals surface area contributed by atoms with Gasteiger partial charge in [0.15, 0.2) is 5.05 Å². The minimum atomic E-state index is -0.0274. The van der Waals surface area contributed by atoms with E-state index in [0.717, 1.165) is 12.2 Å². The molecule has 0 aromatic heterocycles. The van der Waals surface area contributed by atoms with Crippen LogP contribution in [0.4, 0.5) is 0 Å². The van der Waals surface area contributed by atoms with Crippen molar-refractivity contribution in [2.45, 2.75) is 46.5 Å². The van der Waals surface area contributed by atoms with Crippen LogP contribution >= 0.6 is 12.2 Å². The molecule has 0 aliphatic rings. The molecule has 0 bridgehead atoms. The van der Waals surface area contributed by atoms with Crippen molar-refractivity contribution in [2.24, 2.45) is 5.41 Å². The van der Waals surface area contributed by atoms with Crippen LogP contribution in [0, 0.1) is 5.41 Å². The molecule has 0 atom stereocenters. The summed E-state index contributed by atoms with van der Waals surface area (Å²) in [4.78, 5) is 0. The third-order valence-corrected chi connectivity index (χ3v) is 3.55. The van der Waals surface area contributed by atoms with Crippen molar-refractivity contribution in [1.29, 1.82) is 0 Å². The van der Waals surface area contributed by atoms with Crippen molar-refractivity contribution in [3.63, 3.8) is 0 Å². The summed E-state index contributed by atoms with van der Waals surface area (Å²) < 4.78 is 5.74. The lowest BCUT2D eigenvalue weighted by Gasteiger charge is -2.25. The molecule has 1 rings (SSSR count). The highest BCUT2D eigenvalue weighted by Gasteiger charge is 2.25. The lowest BCUT2D eigenvalue weighted by Crippen LogP contribution is -2.27. The number of thiocarbonyl (C=S) groups is 1. The summed E-state index contributed by atoms with van der Waals surface area (Å²) >= 11 is 5.40. The molecule has 1 aromatic rings. The van der Waals surface area contributed by atoms with Crippen LogP contribution in [0.25, 0.3) is 0 Å². The molecule has 1 aromatic carbocycles. The summed E-state index contributed by atoms with van der Waals surface area (Å²) in [6.07, 6.45) is 4.80. The highest BCUT2D eigenvalue weighted by atomic mass is 32.1. The Hall–Kier alpha value is -0.890. The second-order valence-electron chi connectivity index (χ2n) is 5.04. The van der Waals surface area contributed by atoms with Crippen molar-refractivity contribution in [1.82, 2.24) is 0 Å². The van der Waals surface area contributed by atoms with Gasteiger partial charge in [0.2, 0.25) is 0 Å². The zero-order valence-electron chi connectivity index (χ0n) is 11.0. The topological polar surface area (TPSA) is 9.23 Å². The van der Waals surface area contributed by atoms with Crippen LogP contribution in [0.15, 0.2) is 30.3 Å². The Balaban J connectivity index is 2.51. The third-order valence-electron chi connectivity index (χ3n) is 2.91. The Labute approximate surface area is 110 Å². The van der Waals surface area contributed by atoms with E-state index in [4.69, 9.17) is 17.0 Å². The lowest BCUT2D eigenvalue weighted by atomic mass is 9.88. The number of benzene rings is 1. The highest BCUT2D eigenvalue weighted by Crippen LogP contribution is 2.27. The van der Waals surface area contributed by atoms with E-state index in [1.807, 2.05) is 30.3 Å². The SMILES string of the molecule is CCCCCC(C)(C)C(=S)Oc1ccccc1. The Morgan fingerprint density at radius 1 is 1.18 bits per heavy atom. The van der Waals surface area contributed by atoms with Gasteiger partial charge in [0, 0.05) is 5.41 Å². The maximum atomic E-state index is 5.74. The number of rotatable bonds is 6. The third kappa shape index (κ3) is 4.86. The van der Waals surface area contributed by atoms with Gasteiger partial charge in [-0.05, 0) is 30.8 Å². The van der Waals surface area contributed by atoms with Crippen molar-refractivity contribution in [3.8, 4) is 5.75 Å². The predicted octanol–water partition coefficient (Wildman–Crippen LogP) is 5.00. The second kappa shape index (κ2) is 6.75. The van der Waals surface area contributed by atoms with Crippen LogP contribution in [0.5, 0.6) is 5.75 Å². The fourth-order valence-corrected chi connectivity index (χ4v) is 1.85. The molecular formula is C15H22OS. The van der Waals surface area contributed by atoms with E-state index in [9.17, 15) is 0 Å². The fraction of sp³-hybridized carbons (Fsp3) is 0.533. The van der Waals surface area contributed by atoms with E-state index in [2.05, 4.69) is 20.8 Å². The lowest BCUT2D eigenvalue weighted by molar-refractivity contribution is 0.382. The summed E-state index contributed by atoms with van der Waals surface area (Å²) in [6, 6.07) is 9.77. The van der Waals surface area contributed by atoms with E-state index >= 15 is 0 Å². The van der Waals surface area contributed by atoms with Gasteiger partial charge in [-0.15, -0.1) is 0 Å². The predicted molar refractivity (Wildman–Crippen MR) is 77.6 cm³/mol. The Morgan fingerprint density at radius 3 is 2.41 bits per heavy atom. The average molecular weight is 250 g/mol. The number of hydrogen-bond acceptors (Lipinski definition) is 2. The van der Waals surface area contributed by atoms with E-state index in [-0.39, 0.29) is 5.41 Å². The monoisotopic (exact) mass is 250 g/mol. The van der Waals surface area contributed by atoms with Crippen LogP contribution in [0.2, 0.25) is 0 Å². The minimum absolute atomic E-state index is 0.0274. The summed E-state index contributed by atoms with van der Waals surface area (Å²) in [5.74, 6) is 0.834. The van der Waals surface area contributed by atoms with Gasteiger partial charge < -0.3 is 4.74 Å². The van der Waals surface area contributed by atoms with Gasteiger partial charge in [0.1, 0.15) is 5.75 Å². The molecule has 0 N–H and O–H groups in total. The van der Waals surface area contributed by atoms with E-state index < -0.39 is 0 Å². The molecule has 0 spiro atoms. The molecule has 0 aliphatic heterocycles. The van der Waals surface area contributed by atoms with E-state index in [1.165, 1.54) is 19.3 Å². The zero-order chi connectivity index (χ0) is 12.7. The molecule has 0 aliphatic carbocycles. The normalized spacial score (nSPS) is 11.2. The van der Waals surface area contributed by atoms with Gasteiger partial charge in [0.25, 0.3) is 0 Å². The average Bonchev–Trinajstić information content (AvgIpc) is 2.30. The molecule has 17 heavy (non-hydrogen) atoms. The number of unbranched alkanes of at least 4 members (excludes halogenated alkanes) is 2. The van der Waals surface area contributed by atoms with Crippen LogP contribution in [0.3, 0.4) is 0 Å². The molecule has 94 valence electrons. The van der Waals surface area contributed by atoms with Crippen molar-refractivity contribution in [2.75, 3.05) is 0 Å². The Morgan fingerprint density at radius 2 is 1.82 bits per heavy atom.